The van der Waals surface area contributed by atoms with Crippen molar-refractivity contribution < 1.29 is 0 Å². The summed E-state index contributed by atoms with van der Waals surface area (Å²) in [6.45, 7) is 8.66. The van der Waals surface area contributed by atoms with Crippen molar-refractivity contribution in [2.75, 3.05) is 19.6 Å². The van der Waals surface area contributed by atoms with Gasteiger partial charge in [0.1, 0.15) is 0 Å². The van der Waals surface area contributed by atoms with Crippen LogP contribution in [0.3, 0.4) is 0 Å². The molecule has 1 aromatic heterocycles. The monoisotopic (exact) mass is 462 g/mol. The van der Waals surface area contributed by atoms with Gasteiger partial charge in [0.15, 0.2) is 0 Å². The number of benzene rings is 2. The topological polar surface area (TPSA) is 8.17 Å². The highest BCUT2D eigenvalue weighted by atomic mass is 79.9. The van der Waals surface area contributed by atoms with E-state index < -0.39 is 0 Å². The minimum Gasteiger partial charge on any atom is -0.343 e. The summed E-state index contributed by atoms with van der Waals surface area (Å²) in [5, 5.41) is 1.36. The van der Waals surface area contributed by atoms with Crippen molar-refractivity contribution in [3.63, 3.8) is 0 Å². The second kappa shape index (κ2) is 8.52. The van der Waals surface area contributed by atoms with Crippen molar-refractivity contribution >= 4 is 42.8 Å². The minimum atomic E-state index is 0.880. The number of hydrogen-bond donors (Lipinski definition) is 0. The second-order valence-corrected chi connectivity index (χ2v) is 8.08. The fraction of sp³-hybridized carbons (Fsp3) is 0.333. The van der Waals surface area contributed by atoms with Crippen molar-refractivity contribution in [2.45, 2.75) is 26.8 Å². The summed E-state index contributed by atoms with van der Waals surface area (Å²) < 4.78 is 4.68. The van der Waals surface area contributed by atoms with Crippen LogP contribution in [-0.2, 0) is 13.0 Å². The first kappa shape index (κ1) is 18.7. The van der Waals surface area contributed by atoms with Gasteiger partial charge in [-0.3, -0.25) is 0 Å². The largest absolute Gasteiger partial charge is 0.343 e. The number of halogens is 2. The van der Waals surface area contributed by atoms with Gasteiger partial charge in [0.05, 0.1) is 0 Å². The van der Waals surface area contributed by atoms with Crippen LogP contribution in [0.15, 0.2) is 57.6 Å². The van der Waals surface area contributed by atoms with Crippen LogP contribution >= 0.6 is 31.9 Å². The van der Waals surface area contributed by atoms with Gasteiger partial charge in [0, 0.05) is 39.1 Å². The second-order valence-electron chi connectivity index (χ2n) is 6.31. The molecule has 0 bridgehead atoms. The molecule has 0 radical (unpaired) electrons. The SMILES string of the molecule is CCN(CC)CCc1cn(Cc2ccccc2Br)c2ccc(Br)cc12. The van der Waals surface area contributed by atoms with E-state index in [-0.39, 0.29) is 0 Å². The van der Waals surface area contributed by atoms with Crippen LogP contribution in [0.1, 0.15) is 25.0 Å². The van der Waals surface area contributed by atoms with E-state index in [2.05, 4.69) is 104 Å². The Bertz CT molecular complexity index is 850. The highest BCUT2D eigenvalue weighted by molar-refractivity contribution is 9.10. The fourth-order valence-corrected chi connectivity index (χ4v) is 4.07. The van der Waals surface area contributed by atoms with Crippen molar-refractivity contribution in [1.29, 1.82) is 0 Å². The van der Waals surface area contributed by atoms with E-state index in [4.69, 9.17) is 0 Å². The van der Waals surface area contributed by atoms with Crippen molar-refractivity contribution in [3.8, 4) is 0 Å². The lowest BCUT2D eigenvalue weighted by Gasteiger charge is -2.17. The maximum Gasteiger partial charge on any atom is 0.0487 e. The lowest BCUT2D eigenvalue weighted by Crippen LogP contribution is -2.25. The first-order valence-electron chi connectivity index (χ1n) is 8.85. The Hall–Kier alpha value is -1.10. The Balaban J connectivity index is 1.95. The fourth-order valence-electron chi connectivity index (χ4n) is 3.30. The molecule has 132 valence electrons. The Morgan fingerprint density at radius 3 is 2.44 bits per heavy atom. The third-order valence-corrected chi connectivity index (χ3v) is 6.08. The molecule has 2 nitrogen and oxygen atoms in total. The van der Waals surface area contributed by atoms with Crippen molar-refractivity contribution in [2.24, 2.45) is 0 Å². The molecule has 0 amide bonds. The molecule has 1 heterocycles. The molecular weight excluding hydrogens is 440 g/mol. The number of nitrogens with zero attached hydrogens (tertiary/aromatic N) is 2. The molecule has 0 saturated carbocycles. The zero-order valence-corrected chi connectivity index (χ0v) is 18.0. The highest BCUT2D eigenvalue weighted by Crippen LogP contribution is 2.28. The molecule has 0 N–H and O–H groups in total. The van der Waals surface area contributed by atoms with E-state index in [0.717, 1.165) is 37.1 Å². The van der Waals surface area contributed by atoms with E-state index >= 15 is 0 Å². The summed E-state index contributed by atoms with van der Waals surface area (Å²) in [6.07, 6.45) is 3.41. The van der Waals surface area contributed by atoms with Gasteiger partial charge >= 0.3 is 0 Å². The zero-order valence-electron chi connectivity index (χ0n) is 14.8. The molecule has 0 atom stereocenters. The summed E-state index contributed by atoms with van der Waals surface area (Å²) in [5.74, 6) is 0. The van der Waals surface area contributed by atoms with Crippen molar-refractivity contribution in [3.05, 3.63) is 68.7 Å². The molecule has 0 unspecified atom stereocenters. The Morgan fingerprint density at radius 2 is 1.72 bits per heavy atom. The molecule has 2 aromatic carbocycles. The summed E-state index contributed by atoms with van der Waals surface area (Å²) >= 11 is 7.31. The lowest BCUT2D eigenvalue weighted by molar-refractivity contribution is 0.308. The normalized spacial score (nSPS) is 11.6. The lowest BCUT2D eigenvalue weighted by atomic mass is 10.1. The maximum atomic E-state index is 3.68. The molecule has 25 heavy (non-hydrogen) atoms. The van der Waals surface area contributed by atoms with Crippen LogP contribution in [0.25, 0.3) is 10.9 Å². The molecule has 3 rings (SSSR count). The molecule has 0 aliphatic rings. The minimum absolute atomic E-state index is 0.880. The van der Waals surface area contributed by atoms with Crippen LogP contribution in [0, 0.1) is 0 Å². The van der Waals surface area contributed by atoms with Crippen LogP contribution in [-0.4, -0.2) is 29.1 Å². The molecule has 0 saturated heterocycles. The predicted octanol–water partition coefficient (Wildman–Crippen LogP) is 6.10. The number of fused-ring (bicyclic) bond motifs is 1. The van der Waals surface area contributed by atoms with Gasteiger partial charge in [-0.25, -0.2) is 0 Å². The smallest absolute Gasteiger partial charge is 0.0487 e. The third-order valence-electron chi connectivity index (χ3n) is 4.82. The van der Waals surface area contributed by atoms with E-state index in [0.29, 0.717) is 0 Å². The maximum absolute atomic E-state index is 3.68. The number of likely N-dealkylation sites (N-methyl/N-ethyl adjacent to an activating group) is 1. The van der Waals surface area contributed by atoms with Crippen LogP contribution in [0.4, 0.5) is 0 Å². The van der Waals surface area contributed by atoms with E-state index in [1.165, 1.54) is 26.5 Å². The Labute approximate surface area is 167 Å². The standard InChI is InChI=1S/C21H24Br2N2/c1-3-24(4-2)12-11-16-14-25(15-17-7-5-6-8-20(17)23)21-10-9-18(22)13-19(16)21/h5-10,13-14H,3-4,11-12,15H2,1-2H3. The molecule has 0 fully saturated rings. The molecule has 0 aliphatic carbocycles. The van der Waals surface area contributed by atoms with Gasteiger partial charge < -0.3 is 9.47 Å². The molecular formula is C21H24Br2N2. The third kappa shape index (κ3) is 4.36. The number of aromatic nitrogens is 1. The molecule has 3 aromatic rings. The van der Waals surface area contributed by atoms with Crippen LogP contribution in [0.2, 0.25) is 0 Å². The molecule has 4 heteroatoms. The quantitative estimate of drug-likeness (QED) is 0.411. The predicted molar refractivity (Wildman–Crippen MR) is 114 cm³/mol. The van der Waals surface area contributed by atoms with Gasteiger partial charge in [0.2, 0.25) is 0 Å². The van der Waals surface area contributed by atoms with E-state index in [1.807, 2.05) is 0 Å². The average Bonchev–Trinajstić information content (AvgIpc) is 2.95. The summed E-state index contributed by atoms with van der Waals surface area (Å²) in [7, 11) is 0. The van der Waals surface area contributed by atoms with Gasteiger partial charge in [-0.2, -0.15) is 0 Å². The van der Waals surface area contributed by atoms with Crippen LogP contribution in [0.5, 0.6) is 0 Å². The first-order chi connectivity index (χ1) is 12.1. The van der Waals surface area contributed by atoms with Gasteiger partial charge in [-0.15, -0.1) is 0 Å². The Kier molecular flexibility index (Phi) is 6.37. The summed E-state index contributed by atoms with van der Waals surface area (Å²) in [5.41, 5.74) is 4.03. The van der Waals surface area contributed by atoms with Crippen LogP contribution < -0.4 is 0 Å². The van der Waals surface area contributed by atoms with Gasteiger partial charge in [0.25, 0.3) is 0 Å². The Morgan fingerprint density at radius 1 is 0.960 bits per heavy atom. The number of rotatable bonds is 7. The summed E-state index contributed by atoms with van der Waals surface area (Å²) in [4.78, 5) is 2.48. The van der Waals surface area contributed by atoms with E-state index in [1.54, 1.807) is 0 Å². The average molecular weight is 464 g/mol. The van der Waals surface area contributed by atoms with Gasteiger partial charge in [-0.05, 0) is 54.9 Å². The molecule has 0 aliphatic heterocycles. The van der Waals surface area contributed by atoms with E-state index in [9.17, 15) is 0 Å². The summed E-state index contributed by atoms with van der Waals surface area (Å²) in [6, 6.07) is 15.1. The number of hydrogen-bond acceptors (Lipinski definition) is 1. The molecule has 0 spiro atoms. The van der Waals surface area contributed by atoms with Gasteiger partial charge in [-0.1, -0.05) is 63.9 Å². The highest BCUT2D eigenvalue weighted by Gasteiger charge is 2.11. The van der Waals surface area contributed by atoms with Crippen molar-refractivity contribution in [1.82, 2.24) is 9.47 Å². The zero-order chi connectivity index (χ0) is 17.8. The first-order valence-corrected chi connectivity index (χ1v) is 10.4.